The van der Waals surface area contributed by atoms with Crippen LogP contribution in [-0.2, 0) is 0 Å². The minimum Gasteiger partial charge on any atom is -0.387 e. The van der Waals surface area contributed by atoms with Gasteiger partial charge in [-0.05, 0) is 39.4 Å². The molecule has 0 amide bonds. The van der Waals surface area contributed by atoms with Crippen molar-refractivity contribution in [3.05, 3.63) is 0 Å². The monoisotopic (exact) mass is 283 g/mol. The Kier molecular flexibility index (Phi) is 5.23. The van der Waals surface area contributed by atoms with E-state index in [1.54, 1.807) is 0 Å². The summed E-state index contributed by atoms with van der Waals surface area (Å²) in [4.78, 5) is 8.91. The number of hydrogen-bond acceptors (Lipinski definition) is 4. The van der Waals surface area contributed by atoms with Crippen LogP contribution in [-0.4, -0.2) is 78.8 Å². The minimum absolute atomic E-state index is 0.387. The van der Waals surface area contributed by atoms with Crippen molar-refractivity contribution in [3.63, 3.8) is 0 Å². The zero-order valence-electron chi connectivity index (χ0n) is 12.8. The number of nitrogens with zero attached hydrogens (tertiary/aromatic N) is 3. The maximum atomic E-state index is 10.3. The van der Waals surface area contributed by atoms with Crippen LogP contribution in [0.25, 0.3) is 0 Å². The highest BCUT2D eigenvalue weighted by molar-refractivity contribution is 5.77. The second-order valence-corrected chi connectivity index (χ2v) is 6.22. The van der Waals surface area contributed by atoms with Crippen LogP contribution >= 0.6 is 0 Å². The number of aliphatic imine (C=N–C) groups is 1. The van der Waals surface area contributed by atoms with E-state index in [4.69, 9.17) is 5.73 Å². The number of rotatable bonds is 5. The molecule has 0 aromatic rings. The summed E-state index contributed by atoms with van der Waals surface area (Å²) < 4.78 is 0. The summed E-state index contributed by atoms with van der Waals surface area (Å²) in [5, 5.41) is 13.5. The van der Waals surface area contributed by atoms with Crippen molar-refractivity contribution in [1.82, 2.24) is 15.1 Å². The van der Waals surface area contributed by atoms with Gasteiger partial charge in [0, 0.05) is 25.7 Å². The second-order valence-electron chi connectivity index (χ2n) is 6.22. The number of likely N-dealkylation sites (N-methyl/N-ethyl adjacent to an activating group) is 2. The Balaban J connectivity index is 1.74. The Morgan fingerprint density at radius 3 is 2.95 bits per heavy atom. The van der Waals surface area contributed by atoms with E-state index in [9.17, 15) is 5.11 Å². The third-order valence-electron chi connectivity index (χ3n) is 4.49. The highest BCUT2D eigenvalue weighted by Crippen LogP contribution is 2.20. The van der Waals surface area contributed by atoms with E-state index in [1.807, 2.05) is 7.05 Å². The SMILES string of the molecule is CCN1CCCC1CNC(N)=NCC1(O)CCN(C)C1. The molecule has 2 aliphatic heterocycles. The minimum atomic E-state index is -0.705. The number of nitrogens with one attached hydrogen (secondary N) is 1. The van der Waals surface area contributed by atoms with E-state index in [0.717, 1.165) is 26.1 Å². The Labute approximate surface area is 122 Å². The predicted octanol–water partition coefficient (Wildman–Crippen LogP) is -0.558. The van der Waals surface area contributed by atoms with Gasteiger partial charge in [-0.1, -0.05) is 6.92 Å². The maximum absolute atomic E-state index is 10.3. The summed E-state index contributed by atoms with van der Waals surface area (Å²) in [6.07, 6.45) is 3.26. The summed E-state index contributed by atoms with van der Waals surface area (Å²) >= 11 is 0. The lowest BCUT2D eigenvalue weighted by Crippen LogP contribution is -2.44. The number of guanidine groups is 1. The molecule has 0 radical (unpaired) electrons. The molecule has 0 bridgehead atoms. The van der Waals surface area contributed by atoms with E-state index >= 15 is 0 Å². The number of aliphatic hydroxyl groups is 1. The number of hydrogen-bond donors (Lipinski definition) is 3. The van der Waals surface area contributed by atoms with Crippen molar-refractivity contribution in [2.75, 3.05) is 46.3 Å². The molecule has 2 heterocycles. The maximum Gasteiger partial charge on any atom is 0.188 e. The van der Waals surface area contributed by atoms with Crippen molar-refractivity contribution in [2.24, 2.45) is 10.7 Å². The molecule has 4 N–H and O–H groups in total. The van der Waals surface area contributed by atoms with Gasteiger partial charge in [-0.2, -0.15) is 0 Å². The van der Waals surface area contributed by atoms with Gasteiger partial charge in [0.05, 0.1) is 12.1 Å². The molecule has 6 heteroatoms. The first kappa shape index (κ1) is 15.5. The first-order valence-corrected chi connectivity index (χ1v) is 7.71. The lowest BCUT2D eigenvalue weighted by atomic mass is 10.0. The standard InChI is InChI=1S/C14H29N5O/c1-3-19-7-4-5-12(19)9-16-13(15)17-10-14(20)6-8-18(2)11-14/h12,20H,3-11H2,1-2H3,(H3,15,16,17). The van der Waals surface area contributed by atoms with Gasteiger partial charge in [0.1, 0.15) is 0 Å². The molecular formula is C14H29N5O. The van der Waals surface area contributed by atoms with Gasteiger partial charge in [-0.15, -0.1) is 0 Å². The molecular weight excluding hydrogens is 254 g/mol. The molecule has 116 valence electrons. The molecule has 6 nitrogen and oxygen atoms in total. The number of likely N-dealkylation sites (tertiary alicyclic amines) is 2. The Hall–Kier alpha value is -0.850. The van der Waals surface area contributed by atoms with Crippen LogP contribution in [0.1, 0.15) is 26.2 Å². The van der Waals surface area contributed by atoms with Crippen molar-refractivity contribution >= 4 is 5.96 Å². The van der Waals surface area contributed by atoms with Gasteiger partial charge >= 0.3 is 0 Å². The third kappa shape index (κ3) is 4.07. The summed E-state index contributed by atoms with van der Waals surface area (Å²) in [6, 6.07) is 0.564. The van der Waals surface area contributed by atoms with Crippen molar-refractivity contribution in [2.45, 2.75) is 37.8 Å². The van der Waals surface area contributed by atoms with Crippen LogP contribution in [0.5, 0.6) is 0 Å². The smallest absolute Gasteiger partial charge is 0.188 e. The average Bonchev–Trinajstić information content (AvgIpc) is 3.01. The molecule has 2 aliphatic rings. The van der Waals surface area contributed by atoms with Gasteiger partial charge < -0.3 is 21.1 Å². The normalized spacial score (nSPS) is 33.0. The van der Waals surface area contributed by atoms with Crippen LogP contribution in [0.15, 0.2) is 4.99 Å². The molecule has 2 rings (SSSR count). The van der Waals surface area contributed by atoms with Crippen LogP contribution in [0.2, 0.25) is 0 Å². The first-order valence-electron chi connectivity index (χ1n) is 7.71. The Morgan fingerprint density at radius 2 is 2.30 bits per heavy atom. The Bertz CT molecular complexity index is 348. The van der Waals surface area contributed by atoms with Crippen LogP contribution in [0.4, 0.5) is 0 Å². The highest BCUT2D eigenvalue weighted by atomic mass is 16.3. The fourth-order valence-electron chi connectivity index (χ4n) is 3.24. The number of nitrogens with two attached hydrogens (primary N) is 1. The van der Waals surface area contributed by atoms with E-state index in [1.165, 1.54) is 19.4 Å². The quantitative estimate of drug-likeness (QED) is 0.466. The van der Waals surface area contributed by atoms with Crippen LogP contribution < -0.4 is 11.1 Å². The molecule has 2 atom stereocenters. The predicted molar refractivity (Wildman–Crippen MR) is 81.8 cm³/mol. The molecule has 20 heavy (non-hydrogen) atoms. The van der Waals surface area contributed by atoms with Crippen molar-refractivity contribution in [1.29, 1.82) is 0 Å². The van der Waals surface area contributed by atoms with Crippen molar-refractivity contribution < 1.29 is 5.11 Å². The summed E-state index contributed by atoms with van der Waals surface area (Å²) in [7, 11) is 2.02. The molecule has 0 saturated carbocycles. The highest BCUT2D eigenvalue weighted by Gasteiger charge is 2.34. The largest absolute Gasteiger partial charge is 0.387 e. The van der Waals surface area contributed by atoms with Gasteiger partial charge in [-0.25, -0.2) is 0 Å². The summed E-state index contributed by atoms with van der Waals surface area (Å²) in [5.74, 6) is 0.455. The van der Waals surface area contributed by atoms with Crippen molar-refractivity contribution in [3.8, 4) is 0 Å². The lowest BCUT2D eigenvalue weighted by molar-refractivity contribution is 0.0614. The van der Waals surface area contributed by atoms with E-state index in [2.05, 4.69) is 27.0 Å². The third-order valence-corrected chi connectivity index (χ3v) is 4.49. The molecule has 0 aromatic heterocycles. The molecule has 0 aromatic carbocycles. The molecule has 2 fully saturated rings. The van der Waals surface area contributed by atoms with Crippen LogP contribution in [0.3, 0.4) is 0 Å². The van der Waals surface area contributed by atoms with Gasteiger partial charge in [0.25, 0.3) is 0 Å². The summed E-state index contributed by atoms with van der Waals surface area (Å²) in [5.41, 5.74) is 5.20. The first-order chi connectivity index (χ1) is 9.52. The molecule has 0 spiro atoms. The van der Waals surface area contributed by atoms with E-state index < -0.39 is 5.60 Å². The zero-order chi connectivity index (χ0) is 14.6. The summed E-state index contributed by atoms with van der Waals surface area (Å²) in [6.45, 7) is 7.31. The topological polar surface area (TPSA) is 77.1 Å². The number of β-amino-alcohol motifs (C(OH)–C–C–N with tert-alkyl or cyclic N) is 1. The average molecular weight is 283 g/mol. The van der Waals surface area contributed by atoms with Gasteiger partial charge in [0.2, 0.25) is 0 Å². The molecule has 0 aliphatic carbocycles. The van der Waals surface area contributed by atoms with Gasteiger partial charge in [0.15, 0.2) is 5.96 Å². The zero-order valence-corrected chi connectivity index (χ0v) is 12.8. The fourth-order valence-corrected chi connectivity index (χ4v) is 3.24. The second kappa shape index (κ2) is 6.74. The van der Waals surface area contributed by atoms with Gasteiger partial charge in [-0.3, -0.25) is 9.89 Å². The fraction of sp³-hybridized carbons (Fsp3) is 0.929. The lowest BCUT2D eigenvalue weighted by Gasteiger charge is -2.23. The van der Waals surface area contributed by atoms with E-state index in [0.29, 0.717) is 25.1 Å². The van der Waals surface area contributed by atoms with Crippen LogP contribution in [0, 0.1) is 0 Å². The molecule has 2 saturated heterocycles. The molecule has 2 unspecified atom stereocenters. The van der Waals surface area contributed by atoms with E-state index in [-0.39, 0.29) is 0 Å². The Morgan fingerprint density at radius 1 is 1.50 bits per heavy atom.